The Labute approximate surface area is 178 Å². The smallest absolute Gasteiger partial charge is 0.416 e. The van der Waals surface area contributed by atoms with Crippen LogP contribution in [0, 0.1) is 6.92 Å². The predicted molar refractivity (Wildman–Crippen MR) is 109 cm³/mol. The van der Waals surface area contributed by atoms with Crippen molar-refractivity contribution in [3.05, 3.63) is 58.1 Å². The first-order valence-electron chi connectivity index (χ1n) is 8.69. The number of halogens is 3. The van der Waals surface area contributed by atoms with Crippen molar-refractivity contribution >= 4 is 29.1 Å². The average Bonchev–Trinajstić information content (AvgIpc) is 3.10. The molecule has 0 saturated heterocycles. The molecule has 0 aliphatic carbocycles. The van der Waals surface area contributed by atoms with Crippen molar-refractivity contribution in [1.82, 2.24) is 10.2 Å². The lowest BCUT2D eigenvalue weighted by Crippen LogP contribution is -2.06. The molecule has 1 aromatic heterocycles. The van der Waals surface area contributed by atoms with Gasteiger partial charge in [-0.3, -0.25) is 4.79 Å². The van der Waals surface area contributed by atoms with E-state index in [1.54, 1.807) is 25.1 Å². The first-order chi connectivity index (χ1) is 14.2. The van der Waals surface area contributed by atoms with Gasteiger partial charge in [-0.1, -0.05) is 35.2 Å². The molecule has 0 saturated carbocycles. The summed E-state index contributed by atoms with van der Waals surface area (Å²) in [6.45, 7) is 1.80. The van der Waals surface area contributed by atoms with E-state index >= 15 is 0 Å². The van der Waals surface area contributed by atoms with Crippen LogP contribution >= 0.6 is 23.1 Å². The SMILES string of the molecule is COc1ccc(CC(=O)O)cc1-c1ccc(C(F)(F)F)cc1CSc1nnc(C)s1. The van der Waals surface area contributed by atoms with Crippen LogP contribution < -0.4 is 4.74 Å². The molecule has 5 nitrogen and oxygen atoms in total. The maximum atomic E-state index is 13.3. The summed E-state index contributed by atoms with van der Waals surface area (Å²) >= 11 is 2.66. The van der Waals surface area contributed by atoms with Crippen molar-refractivity contribution in [2.45, 2.75) is 29.6 Å². The summed E-state index contributed by atoms with van der Waals surface area (Å²) < 4.78 is 46.0. The monoisotopic (exact) mass is 454 g/mol. The number of hydrogen-bond donors (Lipinski definition) is 1. The van der Waals surface area contributed by atoms with Crippen LogP contribution in [0.5, 0.6) is 5.75 Å². The van der Waals surface area contributed by atoms with E-state index in [-0.39, 0.29) is 12.2 Å². The first-order valence-corrected chi connectivity index (χ1v) is 10.5. The second-order valence-corrected chi connectivity index (χ2v) is 8.75. The number of alkyl halides is 3. The number of aryl methyl sites for hydroxylation is 1. The first kappa shape index (κ1) is 22.1. The van der Waals surface area contributed by atoms with Crippen LogP contribution in [0.2, 0.25) is 0 Å². The summed E-state index contributed by atoms with van der Waals surface area (Å²) in [6, 6.07) is 8.40. The Kier molecular flexibility index (Phi) is 6.67. The molecule has 30 heavy (non-hydrogen) atoms. The molecule has 1 N–H and O–H groups in total. The lowest BCUT2D eigenvalue weighted by Gasteiger charge is -2.16. The fourth-order valence-corrected chi connectivity index (χ4v) is 4.69. The summed E-state index contributed by atoms with van der Waals surface area (Å²) in [5.41, 5.74) is 1.29. The molecule has 0 fully saturated rings. The number of carboxylic acids is 1. The minimum atomic E-state index is -4.48. The van der Waals surface area contributed by atoms with E-state index in [2.05, 4.69) is 10.2 Å². The summed E-state index contributed by atoms with van der Waals surface area (Å²) in [5, 5.41) is 17.8. The highest BCUT2D eigenvalue weighted by atomic mass is 32.2. The second kappa shape index (κ2) is 9.05. The molecule has 158 valence electrons. The number of methoxy groups -OCH3 is 1. The van der Waals surface area contributed by atoms with Crippen molar-refractivity contribution in [3.63, 3.8) is 0 Å². The van der Waals surface area contributed by atoms with Gasteiger partial charge in [0.2, 0.25) is 0 Å². The Morgan fingerprint density at radius 2 is 1.93 bits per heavy atom. The number of ether oxygens (including phenoxy) is 1. The molecule has 0 amide bonds. The zero-order chi connectivity index (χ0) is 21.9. The molecular formula is C20H17F3N2O3S2. The van der Waals surface area contributed by atoms with Crippen molar-refractivity contribution < 1.29 is 27.8 Å². The highest BCUT2D eigenvalue weighted by molar-refractivity contribution is 8.00. The molecule has 0 aliphatic heterocycles. The molecule has 0 spiro atoms. The Morgan fingerprint density at radius 1 is 1.17 bits per heavy atom. The van der Waals surface area contributed by atoms with E-state index in [1.807, 2.05) is 0 Å². The van der Waals surface area contributed by atoms with Crippen molar-refractivity contribution in [2.75, 3.05) is 7.11 Å². The molecule has 0 atom stereocenters. The Hall–Kier alpha value is -2.59. The molecule has 2 aromatic carbocycles. The number of nitrogens with zero attached hydrogens (tertiary/aromatic N) is 2. The van der Waals surface area contributed by atoms with Crippen molar-refractivity contribution in [3.8, 4) is 16.9 Å². The molecule has 0 aliphatic rings. The normalized spacial score (nSPS) is 11.5. The van der Waals surface area contributed by atoms with Crippen LogP contribution in [0.1, 0.15) is 21.7 Å². The molecule has 3 rings (SSSR count). The summed E-state index contributed by atoms with van der Waals surface area (Å²) in [6.07, 6.45) is -4.68. The number of benzene rings is 2. The average molecular weight is 454 g/mol. The second-order valence-electron chi connectivity index (χ2n) is 6.35. The summed E-state index contributed by atoms with van der Waals surface area (Å²) in [5.74, 6) is -0.317. The maximum Gasteiger partial charge on any atom is 0.416 e. The zero-order valence-corrected chi connectivity index (χ0v) is 17.6. The van der Waals surface area contributed by atoms with Crippen LogP contribution in [-0.4, -0.2) is 28.4 Å². The van der Waals surface area contributed by atoms with Gasteiger partial charge in [-0.2, -0.15) is 13.2 Å². The third-order valence-corrected chi connectivity index (χ3v) is 6.22. The standard InChI is InChI=1S/C20H17F3N2O3S2/c1-11-24-25-19(30-11)29-10-13-9-14(20(21,22)23)4-5-15(13)16-7-12(8-18(26)27)3-6-17(16)28-2/h3-7,9H,8,10H2,1-2H3,(H,26,27). The van der Waals surface area contributed by atoms with Crippen LogP contribution in [-0.2, 0) is 23.1 Å². The van der Waals surface area contributed by atoms with E-state index < -0.39 is 17.7 Å². The molecule has 0 bridgehead atoms. The molecule has 10 heteroatoms. The third kappa shape index (κ3) is 5.31. The Balaban J connectivity index is 2.07. The molecule has 0 unspecified atom stereocenters. The van der Waals surface area contributed by atoms with Crippen molar-refractivity contribution in [2.24, 2.45) is 0 Å². The highest BCUT2D eigenvalue weighted by Gasteiger charge is 2.31. The maximum absolute atomic E-state index is 13.3. The van der Waals surface area contributed by atoms with Gasteiger partial charge in [0.15, 0.2) is 4.34 Å². The van der Waals surface area contributed by atoms with Gasteiger partial charge in [-0.05, 0) is 47.9 Å². The van der Waals surface area contributed by atoms with Gasteiger partial charge < -0.3 is 9.84 Å². The fraction of sp³-hybridized carbons (Fsp3) is 0.250. The Bertz CT molecular complexity index is 1070. The van der Waals surface area contributed by atoms with Crippen LogP contribution in [0.4, 0.5) is 13.2 Å². The van der Waals surface area contributed by atoms with Gasteiger partial charge >= 0.3 is 12.1 Å². The number of carbonyl (C=O) groups is 1. The van der Waals surface area contributed by atoms with Crippen LogP contribution in [0.15, 0.2) is 40.7 Å². The van der Waals surface area contributed by atoms with E-state index in [1.165, 1.54) is 36.3 Å². The largest absolute Gasteiger partial charge is 0.496 e. The van der Waals surface area contributed by atoms with Gasteiger partial charge in [0, 0.05) is 11.3 Å². The lowest BCUT2D eigenvalue weighted by molar-refractivity contribution is -0.138. The number of aromatic nitrogens is 2. The van der Waals surface area contributed by atoms with Gasteiger partial charge in [0.05, 0.1) is 19.1 Å². The van der Waals surface area contributed by atoms with Crippen molar-refractivity contribution in [1.29, 1.82) is 0 Å². The van der Waals surface area contributed by atoms with Gasteiger partial charge in [0.1, 0.15) is 10.8 Å². The fourth-order valence-electron chi connectivity index (χ4n) is 2.88. The minimum Gasteiger partial charge on any atom is -0.496 e. The predicted octanol–water partition coefficient (Wildman–Crippen LogP) is 5.46. The van der Waals surface area contributed by atoms with E-state index in [9.17, 15) is 18.0 Å². The van der Waals surface area contributed by atoms with Crippen LogP contribution in [0.25, 0.3) is 11.1 Å². The lowest BCUT2D eigenvalue weighted by atomic mass is 9.95. The summed E-state index contributed by atoms with van der Waals surface area (Å²) in [4.78, 5) is 11.1. The van der Waals surface area contributed by atoms with E-state index in [0.717, 1.165) is 17.1 Å². The topological polar surface area (TPSA) is 72.3 Å². The van der Waals surface area contributed by atoms with Gasteiger partial charge in [0.25, 0.3) is 0 Å². The number of rotatable bonds is 7. The highest BCUT2D eigenvalue weighted by Crippen LogP contribution is 2.39. The number of thioether (sulfide) groups is 1. The van der Waals surface area contributed by atoms with Gasteiger partial charge in [-0.15, -0.1) is 10.2 Å². The number of aliphatic carboxylic acids is 1. The van der Waals surface area contributed by atoms with Gasteiger partial charge in [-0.25, -0.2) is 0 Å². The number of carboxylic acid groups (broad SMARTS) is 1. The summed E-state index contributed by atoms with van der Waals surface area (Å²) in [7, 11) is 1.46. The van der Waals surface area contributed by atoms with E-state index in [0.29, 0.717) is 32.3 Å². The zero-order valence-electron chi connectivity index (χ0n) is 16.0. The van der Waals surface area contributed by atoms with E-state index in [4.69, 9.17) is 9.84 Å². The molecule has 1 heterocycles. The number of hydrogen-bond acceptors (Lipinski definition) is 6. The quantitative estimate of drug-likeness (QED) is 0.478. The Morgan fingerprint density at radius 3 is 2.53 bits per heavy atom. The molecular weight excluding hydrogens is 437 g/mol. The molecule has 0 radical (unpaired) electrons. The third-order valence-electron chi connectivity index (χ3n) is 4.20. The van der Waals surface area contributed by atoms with Crippen LogP contribution in [0.3, 0.4) is 0 Å². The minimum absolute atomic E-state index is 0.203. The molecule has 3 aromatic rings.